The van der Waals surface area contributed by atoms with E-state index in [0.717, 1.165) is 27.9 Å². The molecule has 0 spiro atoms. The molecule has 4 heteroatoms. The van der Waals surface area contributed by atoms with E-state index in [1.807, 2.05) is 38.2 Å². The molecule has 0 amide bonds. The zero-order valence-corrected chi connectivity index (χ0v) is 11.9. The summed E-state index contributed by atoms with van der Waals surface area (Å²) in [5.41, 5.74) is 3.15. The van der Waals surface area contributed by atoms with E-state index >= 15 is 0 Å². The highest BCUT2D eigenvalue weighted by Crippen LogP contribution is 2.25. The molecule has 0 atom stereocenters. The fourth-order valence-corrected chi connectivity index (χ4v) is 2.02. The van der Waals surface area contributed by atoms with E-state index in [0.29, 0.717) is 6.04 Å². The van der Waals surface area contributed by atoms with Crippen molar-refractivity contribution >= 4 is 23.2 Å². The third-order valence-electron chi connectivity index (χ3n) is 2.86. The minimum atomic E-state index is 0.369. The first kappa shape index (κ1) is 13.0. The number of anilines is 2. The summed E-state index contributed by atoms with van der Waals surface area (Å²) in [6.45, 7) is 8.32. The Morgan fingerprint density at radius 2 is 2.00 bits per heavy atom. The first-order chi connectivity index (χ1) is 8.47. The molecule has 0 unspecified atom stereocenters. The molecule has 96 valence electrons. The summed E-state index contributed by atoms with van der Waals surface area (Å²) in [5, 5.41) is 4.08. The predicted octanol–water partition coefficient (Wildman–Crippen LogP) is 4.48. The van der Waals surface area contributed by atoms with E-state index in [4.69, 9.17) is 11.6 Å². The monoisotopic (exact) mass is 263 g/mol. The third-order valence-corrected chi connectivity index (χ3v) is 3.09. The van der Waals surface area contributed by atoms with Crippen LogP contribution >= 0.6 is 11.6 Å². The van der Waals surface area contributed by atoms with Crippen LogP contribution in [-0.4, -0.2) is 9.55 Å². The molecule has 0 radical (unpaired) electrons. The smallest absolute Gasteiger partial charge is 0.207 e. The summed E-state index contributed by atoms with van der Waals surface area (Å²) in [4.78, 5) is 4.51. The van der Waals surface area contributed by atoms with E-state index in [1.165, 1.54) is 0 Å². The number of imidazole rings is 1. The van der Waals surface area contributed by atoms with Crippen molar-refractivity contribution in [2.45, 2.75) is 33.7 Å². The lowest BCUT2D eigenvalue weighted by Crippen LogP contribution is -2.05. The van der Waals surface area contributed by atoms with Crippen molar-refractivity contribution in [2.24, 2.45) is 0 Å². The summed E-state index contributed by atoms with van der Waals surface area (Å²) < 4.78 is 2.12. The zero-order valence-electron chi connectivity index (χ0n) is 11.2. The van der Waals surface area contributed by atoms with E-state index < -0.39 is 0 Å². The molecule has 1 N–H and O–H groups in total. The first-order valence-electron chi connectivity index (χ1n) is 6.06. The largest absolute Gasteiger partial charge is 0.325 e. The number of aromatic nitrogens is 2. The molecule has 2 aromatic rings. The predicted molar refractivity (Wildman–Crippen MR) is 76.8 cm³/mol. The zero-order chi connectivity index (χ0) is 13.3. The van der Waals surface area contributed by atoms with Gasteiger partial charge in [0, 0.05) is 22.9 Å². The fraction of sp³-hybridized carbons (Fsp3) is 0.357. The molecule has 0 aliphatic heterocycles. The van der Waals surface area contributed by atoms with E-state index in [9.17, 15) is 0 Å². The number of hydrogen-bond acceptors (Lipinski definition) is 2. The summed E-state index contributed by atoms with van der Waals surface area (Å²) in [6.07, 6.45) is 2.05. The molecule has 0 aliphatic carbocycles. The second-order valence-electron chi connectivity index (χ2n) is 4.79. The van der Waals surface area contributed by atoms with Gasteiger partial charge in [-0.2, -0.15) is 0 Å². The third kappa shape index (κ3) is 2.67. The average molecular weight is 264 g/mol. The molecular formula is C14H18ClN3. The van der Waals surface area contributed by atoms with Crippen molar-refractivity contribution < 1.29 is 0 Å². The fourth-order valence-electron chi connectivity index (χ4n) is 1.85. The lowest BCUT2D eigenvalue weighted by molar-refractivity contribution is 0.607. The molecule has 0 fully saturated rings. The summed E-state index contributed by atoms with van der Waals surface area (Å²) in [5.74, 6) is 0.855. The highest BCUT2D eigenvalue weighted by atomic mass is 35.5. The molecule has 3 nitrogen and oxygen atoms in total. The molecular weight excluding hydrogens is 246 g/mol. The Morgan fingerprint density at radius 1 is 1.28 bits per heavy atom. The Hall–Kier alpha value is -1.48. The Kier molecular flexibility index (Phi) is 3.62. The van der Waals surface area contributed by atoms with E-state index in [-0.39, 0.29) is 0 Å². The quantitative estimate of drug-likeness (QED) is 0.885. The minimum Gasteiger partial charge on any atom is -0.325 e. The van der Waals surface area contributed by atoms with Crippen molar-refractivity contribution in [2.75, 3.05) is 5.32 Å². The van der Waals surface area contributed by atoms with Crippen LogP contribution in [0.5, 0.6) is 0 Å². The number of hydrogen-bond donors (Lipinski definition) is 1. The van der Waals surface area contributed by atoms with Crippen LogP contribution in [0.15, 0.2) is 24.4 Å². The normalized spacial score (nSPS) is 11.0. The van der Waals surface area contributed by atoms with Crippen LogP contribution in [0.1, 0.15) is 31.1 Å². The maximum atomic E-state index is 6.02. The number of benzene rings is 1. The molecule has 1 aromatic carbocycles. The lowest BCUT2D eigenvalue weighted by Gasteiger charge is -2.14. The molecule has 0 saturated heterocycles. The molecule has 2 rings (SSSR count). The van der Waals surface area contributed by atoms with Gasteiger partial charge in [0.25, 0.3) is 0 Å². The van der Waals surface area contributed by atoms with Crippen LogP contribution in [0.4, 0.5) is 11.6 Å². The van der Waals surface area contributed by atoms with Gasteiger partial charge in [-0.15, -0.1) is 0 Å². The summed E-state index contributed by atoms with van der Waals surface area (Å²) in [7, 11) is 0. The van der Waals surface area contributed by atoms with Gasteiger partial charge in [-0.25, -0.2) is 4.98 Å². The Balaban J connectivity index is 2.36. The first-order valence-corrected chi connectivity index (χ1v) is 6.44. The Labute approximate surface area is 113 Å². The molecule has 0 bridgehead atoms. The topological polar surface area (TPSA) is 29.9 Å². The van der Waals surface area contributed by atoms with E-state index in [2.05, 4.69) is 28.7 Å². The molecule has 1 aromatic heterocycles. The van der Waals surface area contributed by atoms with Crippen LogP contribution in [0, 0.1) is 13.8 Å². The van der Waals surface area contributed by atoms with Gasteiger partial charge in [-0.05, 0) is 45.4 Å². The molecule has 1 heterocycles. The maximum Gasteiger partial charge on any atom is 0.207 e. The van der Waals surface area contributed by atoms with Crippen LogP contribution in [0.25, 0.3) is 0 Å². The van der Waals surface area contributed by atoms with E-state index in [1.54, 1.807) is 0 Å². The van der Waals surface area contributed by atoms with Crippen molar-refractivity contribution in [3.05, 3.63) is 40.7 Å². The Morgan fingerprint density at radius 3 is 2.67 bits per heavy atom. The number of nitrogens with zero attached hydrogens (tertiary/aromatic N) is 2. The van der Waals surface area contributed by atoms with Crippen LogP contribution in [-0.2, 0) is 0 Å². The van der Waals surface area contributed by atoms with Crippen molar-refractivity contribution in [3.63, 3.8) is 0 Å². The van der Waals surface area contributed by atoms with Gasteiger partial charge in [0.15, 0.2) is 0 Å². The van der Waals surface area contributed by atoms with Crippen molar-refractivity contribution in [3.8, 4) is 0 Å². The van der Waals surface area contributed by atoms with Gasteiger partial charge in [0.1, 0.15) is 0 Å². The van der Waals surface area contributed by atoms with Gasteiger partial charge in [-0.3, -0.25) is 0 Å². The highest BCUT2D eigenvalue weighted by Gasteiger charge is 2.09. The number of rotatable bonds is 3. The number of aryl methyl sites for hydroxylation is 2. The number of halogens is 1. The standard InChI is InChI=1S/C14H18ClN3/c1-9(2)18-8-11(4)16-14(18)17-13-7-12(15)6-5-10(13)3/h5-9H,1-4H3,(H,16,17). The van der Waals surface area contributed by atoms with Gasteiger partial charge in [0.05, 0.1) is 5.69 Å². The summed E-state index contributed by atoms with van der Waals surface area (Å²) in [6, 6.07) is 6.18. The van der Waals surface area contributed by atoms with Crippen LogP contribution in [0.2, 0.25) is 5.02 Å². The molecule has 0 saturated carbocycles. The SMILES string of the molecule is Cc1cn(C(C)C)c(Nc2cc(Cl)ccc2C)n1. The second kappa shape index (κ2) is 5.02. The van der Waals surface area contributed by atoms with Gasteiger partial charge >= 0.3 is 0 Å². The van der Waals surface area contributed by atoms with Crippen molar-refractivity contribution in [1.82, 2.24) is 9.55 Å². The second-order valence-corrected chi connectivity index (χ2v) is 5.23. The number of nitrogens with one attached hydrogen (secondary N) is 1. The van der Waals surface area contributed by atoms with Gasteiger partial charge in [-0.1, -0.05) is 17.7 Å². The molecule has 18 heavy (non-hydrogen) atoms. The molecule has 0 aliphatic rings. The minimum absolute atomic E-state index is 0.369. The van der Waals surface area contributed by atoms with Gasteiger partial charge in [0.2, 0.25) is 5.95 Å². The maximum absolute atomic E-state index is 6.02. The lowest BCUT2D eigenvalue weighted by atomic mass is 10.2. The highest BCUT2D eigenvalue weighted by molar-refractivity contribution is 6.30. The van der Waals surface area contributed by atoms with Crippen LogP contribution < -0.4 is 5.32 Å². The Bertz CT molecular complexity index is 558. The summed E-state index contributed by atoms with van der Waals surface area (Å²) >= 11 is 6.02. The van der Waals surface area contributed by atoms with Gasteiger partial charge < -0.3 is 9.88 Å². The van der Waals surface area contributed by atoms with Crippen molar-refractivity contribution in [1.29, 1.82) is 0 Å². The van der Waals surface area contributed by atoms with Crippen LogP contribution in [0.3, 0.4) is 0 Å². The average Bonchev–Trinajstić information content (AvgIpc) is 2.65.